The Labute approximate surface area is 127 Å². The summed E-state index contributed by atoms with van der Waals surface area (Å²) in [5, 5.41) is 19.8. The van der Waals surface area contributed by atoms with E-state index in [2.05, 4.69) is 6.07 Å². The van der Waals surface area contributed by atoms with E-state index in [1.165, 1.54) is 12.1 Å². The Hall–Kier alpha value is -2.58. The highest BCUT2D eigenvalue weighted by Crippen LogP contribution is 2.34. The monoisotopic (exact) mass is 301 g/mol. The molecule has 0 heterocycles. The summed E-state index contributed by atoms with van der Waals surface area (Å²) in [4.78, 5) is 12.1. The molecule has 0 radical (unpaired) electrons. The van der Waals surface area contributed by atoms with Crippen molar-refractivity contribution in [3.63, 3.8) is 0 Å². The van der Waals surface area contributed by atoms with Gasteiger partial charge < -0.3 is 4.90 Å². The van der Waals surface area contributed by atoms with Crippen LogP contribution < -0.4 is 4.90 Å². The van der Waals surface area contributed by atoms with Crippen LogP contribution in [0.15, 0.2) is 48.5 Å². The van der Waals surface area contributed by atoms with E-state index in [4.69, 9.17) is 16.9 Å². The van der Waals surface area contributed by atoms with Gasteiger partial charge in [0.25, 0.3) is 5.69 Å². The van der Waals surface area contributed by atoms with Crippen molar-refractivity contribution in [1.82, 2.24) is 0 Å². The molecule has 0 N–H and O–H groups in total. The Morgan fingerprint density at radius 1 is 1.24 bits per heavy atom. The molecular weight excluding hydrogens is 290 g/mol. The normalized spacial score (nSPS) is 9.90. The maximum atomic E-state index is 10.8. The number of anilines is 2. The number of hydrogen-bond acceptors (Lipinski definition) is 4. The fraction of sp³-hybridized carbons (Fsp3) is 0.133. The lowest BCUT2D eigenvalue weighted by molar-refractivity contribution is -0.384. The second-order valence-electron chi connectivity index (χ2n) is 4.29. The van der Waals surface area contributed by atoms with Gasteiger partial charge in [-0.1, -0.05) is 29.8 Å². The molecule has 0 saturated carbocycles. The van der Waals surface area contributed by atoms with E-state index >= 15 is 0 Å². The number of nitrogens with zero attached hydrogens (tertiary/aromatic N) is 3. The van der Waals surface area contributed by atoms with Crippen LogP contribution in [0.25, 0.3) is 0 Å². The third-order valence-electron chi connectivity index (χ3n) is 2.95. The zero-order valence-electron chi connectivity index (χ0n) is 11.1. The number of nitro groups is 1. The third-order valence-corrected chi connectivity index (χ3v) is 3.25. The summed E-state index contributed by atoms with van der Waals surface area (Å²) < 4.78 is 0. The van der Waals surface area contributed by atoms with E-state index < -0.39 is 4.92 Å². The molecule has 2 aromatic rings. The lowest BCUT2D eigenvalue weighted by atomic mass is 10.2. The molecule has 0 aliphatic heterocycles. The number of non-ortho nitro benzene ring substituents is 1. The van der Waals surface area contributed by atoms with Gasteiger partial charge >= 0.3 is 0 Å². The molecule has 0 bridgehead atoms. The molecule has 21 heavy (non-hydrogen) atoms. The Balaban J connectivity index is 2.42. The molecule has 0 saturated heterocycles. The lowest BCUT2D eigenvalue weighted by Crippen LogP contribution is -2.18. The number of halogens is 1. The Morgan fingerprint density at radius 3 is 2.52 bits per heavy atom. The van der Waals surface area contributed by atoms with Crippen LogP contribution >= 0.6 is 11.6 Å². The molecule has 0 unspecified atom stereocenters. The van der Waals surface area contributed by atoms with Gasteiger partial charge in [0.2, 0.25) is 0 Å². The number of benzene rings is 2. The van der Waals surface area contributed by atoms with Crippen LogP contribution in [0.3, 0.4) is 0 Å². The second-order valence-corrected chi connectivity index (χ2v) is 4.70. The van der Waals surface area contributed by atoms with Crippen LogP contribution in [-0.2, 0) is 0 Å². The summed E-state index contributed by atoms with van der Waals surface area (Å²) in [6, 6.07) is 15.9. The molecular formula is C15H12ClN3O2. The van der Waals surface area contributed by atoms with E-state index in [9.17, 15) is 10.1 Å². The van der Waals surface area contributed by atoms with Crippen LogP contribution in [0, 0.1) is 21.4 Å². The van der Waals surface area contributed by atoms with E-state index in [-0.39, 0.29) is 10.7 Å². The van der Waals surface area contributed by atoms with Crippen molar-refractivity contribution < 1.29 is 4.92 Å². The number of rotatable bonds is 5. The van der Waals surface area contributed by atoms with E-state index in [1.807, 2.05) is 35.2 Å². The maximum Gasteiger partial charge on any atom is 0.271 e. The first-order valence-corrected chi connectivity index (χ1v) is 6.65. The highest BCUT2D eigenvalue weighted by molar-refractivity contribution is 6.33. The Kier molecular flexibility index (Phi) is 4.75. The smallest absolute Gasteiger partial charge is 0.271 e. The van der Waals surface area contributed by atoms with Crippen LogP contribution in [0.2, 0.25) is 5.02 Å². The minimum Gasteiger partial charge on any atom is -0.339 e. The Bertz CT molecular complexity index is 683. The predicted molar refractivity (Wildman–Crippen MR) is 81.8 cm³/mol. The first kappa shape index (κ1) is 14.8. The molecule has 0 spiro atoms. The zero-order chi connectivity index (χ0) is 15.2. The highest BCUT2D eigenvalue weighted by Gasteiger charge is 2.15. The maximum absolute atomic E-state index is 10.8. The molecule has 0 aliphatic rings. The van der Waals surface area contributed by atoms with Gasteiger partial charge in [0.05, 0.1) is 28.1 Å². The molecule has 2 aromatic carbocycles. The third kappa shape index (κ3) is 3.50. The largest absolute Gasteiger partial charge is 0.339 e. The van der Waals surface area contributed by atoms with Gasteiger partial charge in [0.1, 0.15) is 0 Å². The lowest BCUT2D eigenvalue weighted by Gasteiger charge is -2.24. The van der Waals surface area contributed by atoms with Crippen LogP contribution in [0.1, 0.15) is 6.42 Å². The SMILES string of the molecule is N#CCCN(c1ccccc1)c1ccc([N+](=O)[O-])cc1Cl. The zero-order valence-corrected chi connectivity index (χ0v) is 11.8. The van der Waals surface area contributed by atoms with Gasteiger partial charge in [-0.05, 0) is 18.2 Å². The first-order chi connectivity index (χ1) is 10.1. The quantitative estimate of drug-likeness (QED) is 0.610. The average Bonchev–Trinajstić information content (AvgIpc) is 2.50. The van der Waals surface area contributed by atoms with Crippen molar-refractivity contribution in [2.45, 2.75) is 6.42 Å². The average molecular weight is 302 g/mol. The van der Waals surface area contributed by atoms with Gasteiger partial charge in [-0.15, -0.1) is 0 Å². The van der Waals surface area contributed by atoms with Crippen molar-refractivity contribution in [2.75, 3.05) is 11.4 Å². The van der Waals surface area contributed by atoms with Crippen molar-refractivity contribution in [3.05, 3.63) is 63.7 Å². The van der Waals surface area contributed by atoms with Gasteiger partial charge in [0, 0.05) is 24.4 Å². The minimum absolute atomic E-state index is 0.0583. The molecule has 6 heteroatoms. The second kappa shape index (κ2) is 6.73. The van der Waals surface area contributed by atoms with Gasteiger partial charge in [-0.2, -0.15) is 5.26 Å². The number of nitro benzene ring substituents is 1. The van der Waals surface area contributed by atoms with Gasteiger partial charge in [-0.25, -0.2) is 0 Å². The van der Waals surface area contributed by atoms with Gasteiger partial charge in [-0.3, -0.25) is 10.1 Å². The van der Waals surface area contributed by atoms with Crippen LogP contribution in [0.4, 0.5) is 17.1 Å². The Morgan fingerprint density at radius 2 is 1.95 bits per heavy atom. The van der Waals surface area contributed by atoms with Crippen LogP contribution in [-0.4, -0.2) is 11.5 Å². The minimum atomic E-state index is -0.488. The molecule has 0 aliphatic carbocycles. The molecule has 106 valence electrons. The molecule has 0 amide bonds. The van der Waals surface area contributed by atoms with Crippen molar-refractivity contribution in [2.24, 2.45) is 0 Å². The number of para-hydroxylation sites is 1. The molecule has 0 atom stereocenters. The summed E-state index contributed by atoms with van der Waals surface area (Å²) in [5.41, 5.74) is 1.46. The van der Waals surface area contributed by atoms with Gasteiger partial charge in [0.15, 0.2) is 0 Å². The number of hydrogen-bond donors (Lipinski definition) is 0. The summed E-state index contributed by atoms with van der Waals surface area (Å²) in [7, 11) is 0. The summed E-state index contributed by atoms with van der Waals surface area (Å²) in [6.45, 7) is 0.456. The number of nitriles is 1. The highest BCUT2D eigenvalue weighted by atomic mass is 35.5. The van der Waals surface area contributed by atoms with E-state index in [1.54, 1.807) is 6.07 Å². The topological polar surface area (TPSA) is 70.2 Å². The van der Waals surface area contributed by atoms with Crippen LogP contribution in [0.5, 0.6) is 0 Å². The molecule has 0 aromatic heterocycles. The summed E-state index contributed by atoms with van der Waals surface area (Å²) in [6.07, 6.45) is 0.322. The van der Waals surface area contributed by atoms with Crippen molar-refractivity contribution >= 4 is 28.7 Å². The van der Waals surface area contributed by atoms with E-state index in [0.29, 0.717) is 18.7 Å². The van der Waals surface area contributed by atoms with E-state index in [0.717, 1.165) is 5.69 Å². The standard InChI is InChI=1S/C15H12ClN3O2/c16-14-11-13(19(20)21)7-8-15(14)18(10-4-9-17)12-5-2-1-3-6-12/h1-3,5-8,11H,4,10H2. The molecule has 2 rings (SSSR count). The summed E-state index contributed by atoms with van der Waals surface area (Å²) >= 11 is 6.17. The molecule has 0 fully saturated rings. The fourth-order valence-electron chi connectivity index (χ4n) is 1.99. The molecule has 5 nitrogen and oxygen atoms in total. The van der Waals surface area contributed by atoms with Crippen molar-refractivity contribution in [1.29, 1.82) is 5.26 Å². The fourth-order valence-corrected chi connectivity index (χ4v) is 2.26. The summed E-state index contributed by atoms with van der Waals surface area (Å²) in [5.74, 6) is 0. The predicted octanol–water partition coefficient (Wildman–Crippen LogP) is 4.30. The van der Waals surface area contributed by atoms with Crippen molar-refractivity contribution in [3.8, 4) is 6.07 Å². The first-order valence-electron chi connectivity index (χ1n) is 6.27.